The number of ether oxygens (including phenoxy) is 2. The van der Waals surface area contributed by atoms with Gasteiger partial charge in [0.25, 0.3) is 0 Å². The second-order valence-corrected chi connectivity index (χ2v) is 4.07. The molecule has 15 heavy (non-hydrogen) atoms. The standard InChI is InChI=1S/C10H16O5/c1-6-9(4,5)12-8(11)13-10(7(2)3)14-15-10/h2,6H2,1,3-5H3. The first-order valence-electron chi connectivity index (χ1n) is 4.76. The highest BCUT2D eigenvalue weighted by atomic mass is 17.5. The topological polar surface area (TPSA) is 60.6 Å². The first kappa shape index (κ1) is 12.0. The van der Waals surface area contributed by atoms with E-state index in [4.69, 9.17) is 9.47 Å². The van der Waals surface area contributed by atoms with Crippen molar-refractivity contribution in [3.05, 3.63) is 12.2 Å². The summed E-state index contributed by atoms with van der Waals surface area (Å²) in [6.45, 7) is 10.7. The van der Waals surface area contributed by atoms with Crippen molar-refractivity contribution >= 4 is 6.16 Å². The van der Waals surface area contributed by atoms with Gasteiger partial charge in [-0.1, -0.05) is 13.5 Å². The Morgan fingerprint density at radius 3 is 2.33 bits per heavy atom. The Bertz CT molecular complexity index is 278. The summed E-state index contributed by atoms with van der Waals surface area (Å²) < 4.78 is 9.89. The van der Waals surface area contributed by atoms with Crippen LogP contribution in [0.25, 0.3) is 0 Å². The summed E-state index contributed by atoms with van der Waals surface area (Å²) in [7, 11) is 0. The van der Waals surface area contributed by atoms with Crippen molar-refractivity contribution in [2.45, 2.75) is 45.7 Å². The van der Waals surface area contributed by atoms with E-state index in [-0.39, 0.29) is 0 Å². The first-order valence-corrected chi connectivity index (χ1v) is 4.76. The molecule has 1 heterocycles. The Labute approximate surface area is 88.9 Å². The summed E-state index contributed by atoms with van der Waals surface area (Å²) in [4.78, 5) is 20.4. The van der Waals surface area contributed by atoms with Gasteiger partial charge in [0, 0.05) is 5.57 Å². The van der Waals surface area contributed by atoms with Gasteiger partial charge >= 0.3 is 12.1 Å². The number of carbonyl (C=O) groups is 1. The van der Waals surface area contributed by atoms with Crippen LogP contribution in [0.5, 0.6) is 0 Å². The fourth-order valence-electron chi connectivity index (χ4n) is 0.730. The number of carbonyl (C=O) groups excluding carboxylic acids is 1. The minimum absolute atomic E-state index is 0.453. The third-order valence-electron chi connectivity index (χ3n) is 2.19. The molecule has 0 amide bonds. The quantitative estimate of drug-likeness (QED) is 0.313. The Morgan fingerprint density at radius 1 is 1.47 bits per heavy atom. The van der Waals surface area contributed by atoms with E-state index >= 15 is 0 Å². The maximum absolute atomic E-state index is 11.3. The van der Waals surface area contributed by atoms with Crippen LogP contribution in [0.1, 0.15) is 34.1 Å². The third kappa shape index (κ3) is 2.94. The van der Waals surface area contributed by atoms with Gasteiger partial charge in [0.2, 0.25) is 0 Å². The molecule has 0 aromatic carbocycles. The molecule has 0 radical (unpaired) electrons. The van der Waals surface area contributed by atoms with Gasteiger partial charge in [0.1, 0.15) is 5.60 Å². The van der Waals surface area contributed by atoms with Crippen molar-refractivity contribution in [3.63, 3.8) is 0 Å². The highest BCUT2D eigenvalue weighted by Crippen LogP contribution is 2.38. The monoisotopic (exact) mass is 216 g/mol. The maximum atomic E-state index is 11.3. The third-order valence-corrected chi connectivity index (χ3v) is 2.19. The highest BCUT2D eigenvalue weighted by Gasteiger charge is 2.56. The van der Waals surface area contributed by atoms with Crippen LogP contribution >= 0.6 is 0 Å². The predicted molar refractivity (Wildman–Crippen MR) is 51.7 cm³/mol. The van der Waals surface area contributed by atoms with Crippen LogP contribution in [0.4, 0.5) is 4.79 Å². The lowest BCUT2D eigenvalue weighted by molar-refractivity contribution is -0.0628. The van der Waals surface area contributed by atoms with Gasteiger partial charge < -0.3 is 9.47 Å². The summed E-state index contributed by atoms with van der Waals surface area (Å²) in [5.74, 6) is -1.43. The van der Waals surface area contributed by atoms with Crippen molar-refractivity contribution in [1.29, 1.82) is 0 Å². The summed E-state index contributed by atoms with van der Waals surface area (Å²) in [5.41, 5.74) is -0.115. The van der Waals surface area contributed by atoms with Crippen molar-refractivity contribution in [2.24, 2.45) is 0 Å². The van der Waals surface area contributed by atoms with Crippen molar-refractivity contribution in [3.8, 4) is 0 Å². The van der Waals surface area contributed by atoms with Crippen LogP contribution in [0.3, 0.4) is 0 Å². The van der Waals surface area contributed by atoms with E-state index in [1.54, 1.807) is 20.8 Å². The zero-order valence-electron chi connectivity index (χ0n) is 9.46. The fraction of sp³-hybridized carbons (Fsp3) is 0.700. The second-order valence-electron chi connectivity index (χ2n) is 4.07. The largest absolute Gasteiger partial charge is 0.513 e. The predicted octanol–water partition coefficient (Wildman–Crippen LogP) is 2.52. The molecule has 5 heteroatoms. The molecule has 0 unspecified atom stereocenters. The zero-order valence-corrected chi connectivity index (χ0v) is 9.46. The average Bonchev–Trinajstić information content (AvgIpc) is 2.84. The number of hydrogen-bond acceptors (Lipinski definition) is 5. The van der Waals surface area contributed by atoms with Crippen molar-refractivity contribution < 1.29 is 24.0 Å². The molecule has 1 aliphatic heterocycles. The van der Waals surface area contributed by atoms with Gasteiger partial charge in [0.05, 0.1) is 0 Å². The van der Waals surface area contributed by atoms with E-state index in [0.29, 0.717) is 12.0 Å². The normalized spacial score (nSPS) is 18.1. The lowest BCUT2D eigenvalue weighted by Gasteiger charge is -2.22. The summed E-state index contributed by atoms with van der Waals surface area (Å²) in [6, 6.07) is 0. The SMILES string of the molecule is C=C(C)C1(OC(=O)OC(C)(C)CC)OO1. The van der Waals surface area contributed by atoms with E-state index in [0.717, 1.165) is 0 Å². The molecule has 1 rings (SSSR count). The molecular weight excluding hydrogens is 200 g/mol. The summed E-state index contributed by atoms with van der Waals surface area (Å²) >= 11 is 0. The van der Waals surface area contributed by atoms with Crippen molar-refractivity contribution in [1.82, 2.24) is 0 Å². The van der Waals surface area contributed by atoms with Crippen LogP contribution in [0.15, 0.2) is 12.2 Å². The van der Waals surface area contributed by atoms with Gasteiger partial charge in [-0.15, -0.1) is 9.78 Å². The molecule has 5 nitrogen and oxygen atoms in total. The van der Waals surface area contributed by atoms with Gasteiger partial charge in [-0.25, -0.2) is 4.79 Å². The van der Waals surface area contributed by atoms with E-state index in [1.807, 2.05) is 6.92 Å². The maximum Gasteiger partial charge on any atom is 0.513 e. The highest BCUT2D eigenvalue weighted by molar-refractivity contribution is 5.61. The Hall–Kier alpha value is -1.07. The van der Waals surface area contributed by atoms with Crippen LogP contribution in [-0.2, 0) is 19.2 Å². The van der Waals surface area contributed by atoms with Crippen LogP contribution < -0.4 is 0 Å². The van der Waals surface area contributed by atoms with Crippen LogP contribution in [-0.4, -0.2) is 17.7 Å². The van der Waals surface area contributed by atoms with Gasteiger partial charge in [-0.2, -0.15) is 0 Å². The molecule has 0 aromatic rings. The molecule has 0 atom stereocenters. The second kappa shape index (κ2) is 3.83. The summed E-state index contributed by atoms with van der Waals surface area (Å²) in [5, 5.41) is 0. The van der Waals surface area contributed by atoms with Gasteiger partial charge in [-0.3, -0.25) is 0 Å². The molecule has 1 aliphatic rings. The van der Waals surface area contributed by atoms with Crippen molar-refractivity contribution in [2.75, 3.05) is 0 Å². The van der Waals surface area contributed by atoms with E-state index in [1.165, 1.54) is 0 Å². The van der Waals surface area contributed by atoms with E-state index in [9.17, 15) is 4.79 Å². The molecule has 0 spiro atoms. The Morgan fingerprint density at radius 2 is 2.00 bits per heavy atom. The molecule has 0 saturated carbocycles. The molecule has 1 saturated heterocycles. The van der Waals surface area contributed by atoms with Gasteiger partial charge in [0.15, 0.2) is 0 Å². The Kier molecular flexibility index (Phi) is 3.06. The molecule has 86 valence electrons. The lowest BCUT2D eigenvalue weighted by atomic mass is 10.1. The van der Waals surface area contributed by atoms with Crippen LogP contribution in [0.2, 0.25) is 0 Å². The Balaban J connectivity index is 2.47. The van der Waals surface area contributed by atoms with Crippen LogP contribution in [0, 0.1) is 0 Å². The van der Waals surface area contributed by atoms with E-state index < -0.39 is 17.7 Å². The molecule has 0 aliphatic carbocycles. The summed E-state index contributed by atoms with van der Waals surface area (Å²) in [6.07, 6.45) is -0.147. The zero-order chi connectivity index (χ0) is 11.7. The van der Waals surface area contributed by atoms with E-state index in [2.05, 4.69) is 16.4 Å². The first-order chi connectivity index (χ1) is 6.81. The molecular formula is C10H16O5. The molecule has 1 fully saturated rings. The fourth-order valence-corrected chi connectivity index (χ4v) is 0.730. The molecule has 0 aromatic heterocycles. The van der Waals surface area contributed by atoms with Gasteiger partial charge in [-0.05, 0) is 27.2 Å². The molecule has 0 N–H and O–H groups in total. The number of hydrogen-bond donors (Lipinski definition) is 0. The average molecular weight is 216 g/mol. The number of rotatable bonds is 4. The lowest BCUT2D eigenvalue weighted by Crippen LogP contribution is -2.31. The minimum atomic E-state index is -1.43. The smallest absolute Gasteiger partial charge is 0.428 e. The molecule has 0 bridgehead atoms. The minimum Gasteiger partial charge on any atom is -0.428 e.